The van der Waals surface area contributed by atoms with Crippen LogP contribution in [0, 0.1) is 17.7 Å². The van der Waals surface area contributed by atoms with Gasteiger partial charge in [-0.25, -0.2) is 4.39 Å². The third-order valence-electron chi connectivity index (χ3n) is 3.03. The van der Waals surface area contributed by atoms with Crippen molar-refractivity contribution in [3.8, 4) is 0 Å². The fourth-order valence-electron chi connectivity index (χ4n) is 2.54. The zero-order valence-electron chi connectivity index (χ0n) is 11.8. The van der Waals surface area contributed by atoms with Gasteiger partial charge >= 0.3 is 0 Å². The van der Waals surface area contributed by atoms with Gasteiger partial charge in [0, 0.05) is 10.0 Å². The molecule has 0 heterocycles. The Bertz CT molecular complexity index is 436. The number of hydrogen-bond acceptors (Lipinski definition) is 1. The zero-order chi connectivity index (χ0) is 14.8. The summed E-state index contributed by atoms with van der Waals surface area (Å²) in [4.78, 5) is 0. The maximum Gasteiger partial charge on any atom is 0.149 e. The molecular formula is C15H21BrClFO. The lowest BCUT2D eigenvalue weighted by Gasteiger charge is -2.32. The van der Waals surface area contributed by atoms with Gasteiger partial charge in [-0.2, -0.15) is 0 Å². The molecule has 0 fully saturated rings. The molecule has 1 N–H and O–H groups in total. The molecule has 0 saturated heterocycles. The standard InChI is InChI=1S/C15H21BrClFO/c1-9(2)7-15(19,8-10(3)4)11-5-6-12(16)13(17)14(11)18/h5-6,9-10,19H,7-8H2,1-4H3. The van der Waals surface area contributed by atoms with Crippen molar-refractivity contribution in [2.75, 3.05) is 0 Å². The van der Waals surface area contributed by atoms with Gasteiger partial charge in [-0.3, -0.25) is 0 Å². The van der Waals surface area contributed by atoms with Crippen molar-refractivity contribution in [3.05, 3.63) is 33.0 Å². The number of benzene rings is 1. The molecule has 0 amide bonds. The minimum Gasteiger partial charge on any atom is -0.385 e. The second-order valence-corrected chi connectivity index (χ2v) is 7.18. The lowest BCUT2D eigenvalue weighted by atomic mass is 9.79. The predicted octanol–water partition coefficient (Wildman–Crippen LogP) is 5.52. The summed E-state index contributed by atoms with van der Waals surface area (Å²) in [7, 11) is 0. The summed E-state index contributed by atoms with van der Waals surface area (Å²) in [5.41, 5.74) is -0.875. The largest absolute Gasteiger partial charge is 0.385 e. The molecule has 1 aromatic rings. The summed E-state index contributed by atoms with van der Waals surface area (Å²) in [5, 5.41) is 10.9. The van der Waals surface area contributed by atoms with E-state index < -0.39 is 11.4 Å². The Morgan fingerprint density at radius 3 is 2.11 bits per heavy atom. The van der Waals surface area contributed by atoms with Gasteiger partial charge < -0.3 is 5.11 Å². The second kappa shape index (κ2) is 6.55. The Labute approximate surface area is 128 Å². The molecule has 0 atom stereocenters. The van der Waals surface area contributed by atoms with E-state index in [1.165, 1.54) is 0 Å². The summed E-state index contributed by atoms with van der Waals surface area (Å²) in [6, 6.07) is 3.31. The summed E-state index contributed by atoms with van der Waals surface area (Å²) >= 11 is 9.12. The summed E-state index contributed by atoms with van der Waals surface area (Å²) in [6.07, 6.45) is 1.03. The fraction of sp³-hybridized carbons (Fsp3) is 0.600. The number of rotatable bonds is 5. The Morgan fingerprint density at radius 2 is 1.68 bits per heavy atom. The highest BCUT2D eigenvalue weighted by molar-refractivity contribution is 9.10. The van der Waals surface area contributed by atoms with Gasteiger partial charge in [-0.15, -0.1) is 0 Å². The zero-order valence-corrected chi connectivity index (χ0v) is 14.1. The van der Waals surface area contributed by atoms with E-state index in [1.807, 2.05) is 27.7 Å². The summed E-state index contributed by atoms with van der Waals surface area (Å²) < 4.78 is 14.8. The van der Waals surface area contributed by atoms with Crippen molar-refractivity contribution in [1.29, 1.82) is 0 Å². The maximum absolute atomic E-state index is 14.3. The first-order valence-corrected chi connectivity index (χ1v) is 7.71. The Morgan fingerprint density at radius 1 is 1.21 bits per heavy atom. The molecule has 4 heteroatoms. The molecule has 1 nitrogen and oxygen atoms in total. The SMILES string of the molecule is CC(C)CC(O)(CC(C)C)c1ccc(Br)c(Cl)c1F. The second-order valence-electron chi connectivity index (χ2n) is 5.95. The normalized spacial score (nSPS) is 12.5. The first-order chi connectivity index (χ1) is 8.67. The number of halogens is 3. The topological polar surface area (TPSA) is 20.2 Å². The molecule has 108 valence electrons. The van der Waals surface area contributed by atoms with Gasteiger partial charge in [0.1, 0.15) is 5.82 Å². The van der Waals surface area contributed by atoms with Gasteiger partial charge in [0.15, 0.2) is 0 Å². The smallest absolute Gasteiger partial charge is 0.149 e. The van der Waals surface area contributed by atoms with Crippen LogP contribution >= 0.6 is 27.5 Å². The minimum atomic E-state index is -1.17. The third-order valence-corrected chi connectivity index (χ3v) is 4.29. The van der Waals surface area contributed by atoms with Crippen molar-refractivity contribution >= 4 is 27.5 Å². The molecule has 19 heavy (non-hydrogen) atoms. The molecule has 0 aromatic heterocycles. The minimum absolute atomic E-state index is 0.0310. The van der Waals surface area contributed by atoms with E-state index in [0.717, 1.165) is 0 Å². The molecule has 0 aliphatic carbocycles. The van der Waals surface area contributed by atoms with E-state index in [9.17, 15) is 9.50 Å². The summed E-state index contributed by atoms with van der Waals surface area (Å²) in [5.74, 6) is 0.0102. The molecule has 0 aliphatic heterocycles. The van der Waals surface area contributed by atoms with E-state index >= 15 is 0 Å². The van der Waals surface area contributed by atoms with Crippen molar-refractivity contribution in [3.63, 3.8) is 0 Å². The van der Waals surface area contributed by atoms with Crippen molar-refractivity contribution < 1.29 is 9.50 Å². The number of aliphatic hydroxyl groups is 1. The lowest BCUT2D eigenvalue weighted by molar-refractivity contribution is -0.00754. The predicted molar refractivity (Wildman–Crippen MR) is 81.9 cm³/mol. The van der Waals surface area contributed by atoms with Crippen molar-refractivity contribution in [2.45, 2.75) is 46.1 Å². The highest BCUT2D eigenvalue weighted by atomic mass is 79.9. The highest BCUT2D eigenvalue weighted by Gasteiger charge is 2.34. The molecule has 1 rings (SSSR count). The van der Waals surface area contributed by atoms with E-state index in [-0.39, 0.29) is 16.9 Å². The Kier molecular flexibility index (Phi) is 5.84. The van der Waals surface area contributed by atoms with Crippen molar-refractivity contribution in [1.82, 2.24) is 0 Å². The average Bonchev–Trinajstić information content (AvgIpc) is 2.23. The molecule has 0 bridgehead atoms. The third kappa shape index (κ3) is 4.17. The first kappa shape index (κ1) is 16.9. The quantitative estimate of drug-likeness (QED) is 0.692. The van der Waals surface area contributed by atoms with Gasteiger partial charge in [-0.1, -0.05) is 45.4 Å². The van der Waals surface area contributed by atoms with E-state index in [2.05, 4.69) is 15.9 Å². The average molecular weight is 352 g/mol. The fourth-order valence-corrected chi connectivity index (χ4v) is 3.01. The highest BCUT2D eigenvalue weighted by Crippen LogP contribution is 2.39. The van der Waals surface area contributed by atoms with Crippen LogP contribution in [-0.2, 0) is 5.60 Å². The van der Waals surface area contributed by atoms with E-state index in [0.29, 0.717) is 22.9 Å². The van der Waals surface area contributed by atoms with Gasteiger partial charge in [0.2, 0.25) is 0 Å². The monoisotopic (exact) mass is 350 g/mol. The van der Waals surface area contributed by atoms with Crippen LogP contribution in [0.3, 0.4) is 0 Å². The molecule has 0 saturated carbocycles. The lowest BCUT2D eigenvalue weighted by Crippen LogP contribution is -2.31. The molecule has 1 aromatic carbocycles. The maximum atomic E-state index is 14.3. The van der Waals surface area contributed by atoms with Crippen LogP contribution in [0.1, 0.15) is 46.1 Å². The molecule has 0 spiro atoms. The van der Waals surface area contributed by atoms with Crippen LogP contribution in [0.15, 0.2) is 16.6 Å². The van der Waals surface area contributed by atoms with Crippen LogP contribution in [0.5, 0.6) is 0 Å². The molecule has 0 aliphatic rings. The van der Waals surface area contributed by atoms with E-state index in [1.54, 1.807) is 12.1 Å². The number of hydrogen-bond donors (Lipinski definition) is 1. The van der Waals surface area contributed by atoms with Crippen LogP contribution in [0.25, 0.3) is 0 Å². The van der Waals surface area contributed by atoms with Gasteiger partial charge in [0.25, 0.3) is 0 Å². The Balaban J connectivity index is 3.28. The van der Waals surface area contributed by atoms with Crippen LogP contribution in [-0.4, -0.2) is 5.11 Å². The molecule has 0 unspecified atom stereocenters. The molecule has 0 radical (unpaired) electrons. The van der Waals surface area contributed by atoms with Crippen LogP contribution in [0.4, 0.5) is 4.39 Å². The Hall–Kier alpha value is -0.120. The van der Waals surface area contributed by atoms with Crippen molar-refractivity contribution in [2.24, 2.45) is 11.8 Å². The summed E-state index contributed by atoms with van der Waals surface area (Å²) in [6.45, 7) is 8.07. The first-order valence-electron chi connectivity index (χ1n) is 6.53. The van der Waals surface area contributed by atoms with Crippen LogP contribution in [0.2, 0.25) is 5.02 Å². The van der Waals surface area contributed by atoms with Gasteiger partial charge in [0.05, 0.1) is 10.6 Å². The van der Waals surface area contributed by atoms with Crippen LogP contribution < -0.4 is 0 Å². The van der Waals surface area contributed by atoms with E-state index in [4.69, 9.17) is 11.6 Å². The van der Waals surface area contributed by atoms with Gasteiger partial charge in [-0.05, 0) is 46.7 Å². The molecular weight excluding hydrogens is 331 g/mol.